The summed E-state index contributed by atoms with van der Waals surface area (Å²) in [5, 5.41) is 0.579. The summed E-state index contributed by atoms with van der Waals surface area (Å²) < 4.78 is 21.8. The molecular formula is C9H11Cl2NO2S. The number of rotatable bonds is 3. The van der Waals surface area contributed by atoms with Crippen molar-refractivity contribution in [1.82, 2.24) is 0 Å². The molecule has 0 aromatic heterocycles. The van der Waals surface area contributed by atoms with Gasteiger partial charge in [0.05, 0.1) is 16.5 Å². The molecule has 0 saturated carbocycles. The molecule has 0 aliphatic carbocycles. The minimum absolute atomic E-state index is 0.188. The number of nitrogens with zero attached hydrogens (tertiary/aromatic N) is 1. The molecule has 15 heavy (non-hydrogen) atoms. The van der Waals surface area contributed by atoms with Crippen molar-refractivity contribution in [3.05, 3.63) is 28.8 Å². The molecule has 0 atom stereocenters. The van der Waals surface area contributed by atoms with E-state index in [1.54, 1.807) is 18.2 Å². The predicted molar refractivity (Wildman–Crippen MR) is 64.3 cm³/mol. The van der Waals surface area contributed by atoms with Crippen LogP contribution in [0.15, 0.2) is 18.2 Å². The highest BCUT2D eigenvalue weighted by Crippen LogP contribution is 2.26. The summed E-state index contributed by atoms with van der Waals surface area (Å²) >= 11 is 5.94. The Morgan fingerprint density at radius 1 is 1.33 bits per heavy atom. The van der Waals surface area contributed by atoms with Crippen LogP contribution in [0.4, 0.5) is 5.69 Å². The fourth-order valence-corrected chi connectivity index (χ4v) is 2.43. The molecule has 0 aliphatic rings. The second-order valence-corrected chi connectivity index (χ2v) is 6.55. The van der Waals surface area contributed by atoms with E-state index >= 15 is 0 Å². The monoisotopic (exact) mass is 267 g/mol. The zero-order chi connectivity index (χ0) is 11.6. The zero-order valence-corrected chi connectivity index (χ0v) is 10.7. The molecule has 1 rings (SSSR count). The quantitative estimate of drug-likeness (QED) is 0.790. The topological polar surface area (TPSA) is 37.4 Å². The molecule has 0 amide bonds. The Labute approximate surface area is 99.0 Å². The first-order chi connectivity index (χ1) is 6.79. The van der Waals surface area contributed by atoms with Crippen LogP contribution in [0.1, 0.15) is 5.56 Å². The van der Waals surface area contributed by atoms with Crippen molar-refractivity contribution in [2.24, 2.45) is 0 Å². The third-order valence-electron chi connectivity index (χ3n) is 1.83. The van der Waals surface area contributed by atoms with Crippen molar-refractivity contribution in [1.29, 1.82) is 0 Å². The number of hydrogen-bond donors (Lipinski definition) is 0. The van der Waals surface area contributed by atoms with E-state index in [0.29, 0.717) is 10.6 Å². The minimum Gasteiger partial charge on any atom is -0.376 e. The minimum atomic E-state index is -3.52. The van der Waals surface area contributed by atoms with Crippen molar-refractivity contribution in [3.8, 4) is 0 Å². The van der Waals surface area contributed by atoms with Crippen LogP contribution in [0.25, 0.3) is 0 Å². The van der Waals surface area contributed by atoms with E-state index in [-0.39, 0.29) is 5.75 Å². The van der Waals surface area contributed by atoms with E-state index in [0.717, 1.165) is 5.69 Å². The number of anilines is 1. The van der Waals surface area contributed by atoms with Crippen LogP contribution >= 0.6 is 22.3 Å². The van der Waals surface area contributed by atoms with E-state index in [4.69, 9.17) is 22.3 Å². The average Bonchev–Trinajstić information content (AvgIpc) is 2.05. The summed E-state index contributed by atoms with van der Waals surface area (Å²) in [5.41, 5.74) is 1.40. The van der Waals surface area contributed by atoms with Crippen molar-refractivity contribution >= 4 is 37.0 Å². The lowest BCUT2D eigenvalue weighted by atomic mass is 10.2. The molecule has 0 radical (unpaired) electrons. The predicted octanol–water partition coefficient (Wildman–Crippen LogP) is 2.47. The van der Waals surface area contributed by atoms with Crippen molar-refractivity contribution in [3.63, 3.8) is 0 Å². The van der Waals surface area contributed by atoms with Gasteiger partial charge in [-0.2, -0.15) is 0 Å². The third-order valence-corrected chi connectivity index (χ3v) is 3.16. The van der Waals surface area contributed by atoms with Gasteiger partial charge in [-0.25, -0.2) is 8.42 Å². The maximum atomic E-state index is 10.9. The normalized spacial score (nSPS) is 11.5. The molecule has 0 fully saturated rings. The lowest BCUT2D eigenvalue weighted by Gasteiger charge is -2.15. The summed E-state index contributed by atoms with van der Waals surface area (Å²) in [6.45, 7) is 0. The highest BCUT2D eigenvalue weighted by atomic mass is 35.7. The van der Waals surface area contributed by atoms with E-state index in [2.05, 4.69) is 0 Å². The maximum Gasteiger partial charge on any atom is 0.236 e. The number of hydrogen-bond acceptors (Lipinski definition) is 3. The molecule has 84 valence electrons. The van der Waals surface area contributed by atoms with Gasteiger partial charge in [-0.3, -0.25) is 0 Å². The Hall–Kier alpha value is -0.450. The van der Waals surface area contributed by atoms with Gasteiger partial charge >= 0.3 is 0 Å². The van der Waals surface area contributed by atoms with Gasteiger partial charge in [0.1, 0.15) is 0 Å². The van der Waals surface area contributed by atoms with Gasteiger partial charge < -0.3 is 4.90 Å². The fourth-order valence-electron chi connectivity index (χ4n) is 1.19. The molecule has 0 unspecified atom stereocenters. The van der Waals surface area contributed by atoms with E-state index in [1.165, 1.54) is 0 Å². The summed E-state index contributed by atoms with van der Waals surface area (Å²) in [4.78, 5) is 1.81. The molecule has 0 spiro atoms. The Bertz CT molecular complexity index is 457. The second-order valence-electron chi connectivity index (χ2n) is 3.36. The Morgan fingerprint density at radius 2 is 1.93 bits per heavy atom. The van der Waals surface area contributed by atoms with E-state index in [9.17, 15) is 8.42 Å². The summed E-state index contributed by atoms with van der Waals surface area (Å²) in [6.07, 6.45) is 0. The highest BCUT2D eigenvalue weighted by molar-refractivity contribution is 8.13. The van der Waals surface area contributed by atoms with Crippen LogP contribution in [0.2, 0.25) is 5.02 Å². The average molecular weight is 268 g/mol. The van der Waals surface area contributed by atoms with Crippen LogP contribution in [0.5, 0.6) is 0 Å². The van der Waals surface area contributed by atoms with Crippen molar-refractivity contribution in [2.45, 2.75) is 5.75 Å². The molecule has 3 nitrogen and oxygen atoms in total. The van der Waals surface area contributed by atoms with E-state index in [1.807, 2.05) is 19.0 Å². The smallest absolute Gasteiger partial charge is 0.236 e. The van der Waals surface area contributed by atoms with Crippen LogP contribution < -0.4 is 4.90 Å². The Balaban J connectivity index is 3.08. The Kier molecular flexibility index (Phi) is 3.87. The first-order valence-electron chi connectivity index (χ1n) is 4.17. The van der Waals surface area contributed by atoms with Gasteiger partial charge in [0.25, 0.3) is 0 Å². The number of benzene rings is 1. The van der Waals surface area contributed by atoms with Crippen LogP contribution in [-0.4, -0.2) is 22.5 Å². The molecule has 0 aliphatic heterocycles. The largest absolute Gasteiger partial charge is 0.376 e. The number of halogens is 2. The van der Waals surface area contributed by atoms with Crippen LogP contribution in [-0.2, 0) is 14.8 Å². The molecule has 0 N–H and O–H groups in total. The van der Waals surface area contributed by atoms with Crippen LogP contribution in [0.3, 0.4) is 0 Å². The molecular weight excluding hydrogens is 257 g/mol. The second kappa shape index (κ2) is 4.60. The first kappa shape index (κ1) is 12.6. The lowest BCUT2D eigenvalue weighted by molar-refractivity contribution is 0.609. The summed E-state index contributed by atoms with van der Waals surface area (Å²) in [6, 6.07) is 5.02. The van der Waals surface area contributed by atoms with Crippen LogP contribution in [0, 0.1) is 0 Å². The molecule has 6 heteroatoms. The van der Waals surface area contributed by atoms with Gasteiger partial charge in [-0.05, 0) is 17.7 Å². The molecule has 0 bridgehead atoms. The fraction of sp³-hybridized carbons (Fsp3) is 0.333. The SMILES string of the molecule is CN(C)c1cc(CS(=O)(=O)Cl)ccc1Cl. The lowest BCUT2D eigenvalue weighted by Crippen LogP contribution is -2.10. The molecule has 0 heterocycles. The molecule has 1 aromatic carbocycles. The molecule has 0 saturated heterocycles. The zero-order valence-electron chi connectivity index (χ0n) is 8.37. The summed E-state index contributed by atoms with van der Waals surface area (Å²) in [5.74, 6) is -0.188. The Morgan fingerprint density at radius 3 is 2.40 bits per heavy atom. The van der Waals surface area contributed by atoms with Gasteiger partial charge in [0.15, 0.2) is 0 Å². The molecule has 1 aromatic rings. The maximum absolute atomic E-state index is 10.9. The van der Waals surface area contributed by atoms with E-state index < -0.39 is 9.05 Å². The van der Waals surface area contributed by atoms with Crippen molar-refractivity contribution in [2.75, 3.05) is 19.0 Å². The third kappa shape index (κ3) is 3.89. The standard InChI is InChI=1S/C9H11Cl2NO2S/c1-12(2)9-5-7(3-4-8(9)10)6-15(11,13)14/h3-5H,6H2,1-2H3. The van der Waals surface area contributed by atoms with Gasteiger partial charge in [-0.15, -0.1) is 0 Å². The van der Waals surface area contributed by atoms with Gasteiger partial charge in [0.2, 0.25) is 9.05 Å². The van der Waals surface area contributed by atoms with Crippen molar-refractivity contribution < 1.29 is 8.42 Å². The summed E-state index contributed by atoms with van der Waals surface area (Å²) in [7, 11) is 5.31. The first-order valence-corrected chi connectivity index (χ1v) is 7.03. The van der Waals surface area contributed by atoms with Gasteiger partial charge in [0, 0.05) is 24.8 Å². The highest BCUT2D eigenvalue weighted by Gasteiger charge is 2.10. The van der Waals surface area contributed by atoms with Gasteiger partial charge in [-0.1, -0.05) is 17.7 Å².